The second-order valence-corrected chi connectivity index (χ2v) is 25.0. The maximum absolute atomic E-state index is 13.4. The SMILES string of the molecule is CC/C=C\C/C=C\C/C=C\C/C=C\C/C=C\CCCCCCCC(=O)NC(COC1OC(CO)C(OC2OC(CO)C(OC3OC(CO)C(O)C(O)C3O)C(O)C2O)C(O)C1O)C(O)/C=C/CCCCCCCCCCCCCCCCCCCCCCCC. The van der Waals surface area contributed by atoms with E-state index in [0.717, 1.165) is 89.9 Å². The summed E-state index contributed by atoms with van der Waals surface area (Å²) in [5.41, 5.74) is 0. The number of aliphatic hydroxyl groups excluding tert-OH is 11. The van der Waals surface area contributed by atoms with Gasteiger partial charge in [0.25, 0.3) is 0 Å². The van der Waals surface area contributed by atoms with Gasteiger partial charge in [-0.2, -0.15) is 0 Å². The molecule has 3 aliphatic rings. The van der Waals surface area contributed by atoms with Gasteiger partial charge in [-0.25, -0.2) is 0 Å². The van der Waals surface area contributed by atoms with Gasteiger partial charge >= 0.3 is 0 Å². The molecule has 17 atom stereocenters. The zero-order chi connectivity index (χ0) is 65.4. The molecule has 0 aromatic heterocycles. The van der Waals surface area contributed by atoms with Crippen LogP contribution in [0.25, 0.3) is 0 Å². The molecule has 3 fully saturated rings. The first-order chi connectivity index (χ1) is 43.8. The first-order valence-corrected chi connectivity index (χ1v) is 35.2. The predicted molar refractivity (Wildman–Crippen MR) is 351 cm³/mol. The van der Waals surface area contributed by atoms with Gasteiger partial charge in [-0.15, -0.1) is 0 Å². The van der Waals surface area contributed by atoms with Crippen LogP contribution in [0.4, 0.5) is 0 Å². The number of hydrogen-bond donors (Lipinski definition) is 12. The van der Waals surface area contributed by atoms with Gasteiger partial charge in [0, 0.05) is 6.42 Å². The van der Waals surface area contributed by atoms with E-state index >= 15 is 0 Å². The lowest BCUT2D eigenvalue weighted by atomic mass is 9.96. The minimum atomic E-state index is -1.98. The molecule has 1 amide bonds. The number of unbranched alkanes of at least 4 members (excludes halogenated alkanes) is 27. The minimum Gasteiger partial charge on any atom is -0.394 e. The van der Waals surface area contributed by atoms with Crippen LogP contribution in [-0.4, -0.2) is 193 Å². The van der Waals surface area contributed by atoms with E-state index in [2.05, 4.69) is 79.9 Å². The van der Waals surface area contributed by atoms with Crippen molar-refractivity contribution in [2.45, 2.75) is 343 Å². The molecule has 0 aromatic carbocycles. The maximum atomic E-state index is 13.4. The first kappa shape index (κ1) is 81.5. The van der Waals surface area contributed by atoms with Gasteiger partial charge in [-0.1, -0.05) is 241 Å². The lowest BCUT2D eigenvalue weighted by Gasteiger charge is -2.48. The quantitative estimate of drug-likeness (QED) is 0.0199. The molecule has 3 saturated heterocycles. The van der Waals surface area contributed by atoms with Crippen molar-refractivity contribution in [2.75, 3.05) is 26.4 Å². The summed E-state index contributed by atoms with van der Waals surface area (Å²) in [5.74, 6) is -0.295. The van der Waals surface area contributed by atoms with Gasteiger partial charge in [0.1, 0.15) is 73.2 Å². The highest BCUT2D eigenvalue weighted by molar-refractivity contribution is 5.76. The molecule has 90 heavy (non-hydrogen) atoms. The number of allylic oxidation sites excluding steroid dienone is 11. The van der Waals surface area contributed by atoms with Crippen LogP contribution >= 0.6 is 0 Å². The van der Waals surface area contributed by atoms with Crippen molar-refractivity contribution >= 4 is 5.91 Å². The van der Waals surface area contributed by atoms with Crippen molar-refractivity contribution in [3.63, 3.8) is 0 Å². The maximum Gasteiger partial charge on any atom is 0.220 e. The Morgan fingerprint density at radius 3 is 1.20 bits per heavy atom. The van der Waals surface area contributed by atoms with E-state index in [1.165, 1.54) is 122 Å². The Kier molecular flexibility index (Phi) is 47.5. The zero-order valence-electron chi connectivity index (χ0n) is 55.1. The van der Waals surface area contributed by atoms with E-state index in [9.17, 15) is 61.0 Å². The zero-order valence-corrected chi connectivity index (χ0v) is 55.1. The van der Waals surface area contributed by atoms with E-state index in [1.54, 1.807) is 6.08 Å². The summed E-state index contributed by atoms with van der Waals surface area (Å²) in [6.07, 6.45) is 38.7. The molecular weight excluding hydrogens is 1150 g/mol. The Morgan fingerprint density at radius 2 is 0.767 bits per heavy atom. The molecule has 19 heteroatoms. The smallest absolute Gasteiger partial charge is 0.220 e. The minimum absolute atomic E-state index is 0.218. The van der Waals surface area contributed by atoms with Crippen molar-refractivity contribution < 1.29 is 89.4 Å². The number of hydrogen-bond acceptors (Lipinski definition) is 18. The summed E-state index contributed by atoms with van der Waals surface area (Å²) in [4.78, 5) is 13.4. The Balaban J connectivity index is 1.45. The van der Waals surface area contributed by atoms with Crippen LogP contribution in [0.1, 0.15) is 239 Å². The predicted octanol–water partition coefficient (Wildman–Crippen LogP) is 9.33. The number of amides is 1. The first-order valence-electron chi connectivity index (χ1n) is 35.2. The number of aliphatic hydroxyl groups is 11. The second kappa shape index (κ2) is 52.5. The van der Waals surface area contributed by atoms with E-state index in [1.807, 2.05) is 6.08 Å². The lowest BCUT2D eigenvalue weighted by Crippen LogP contribution is -2.66. The number of nitrogens with one attached hydrogen (secondary N) is 1. The Bertz CT molecular complexity index is 1920. The van der Waals surface area contributed by atoms with Crippen molar-refractivity contribution in [3.8, 4) is 0 Å². The van der Waals surface area contributed by atoms with Crippen LogP contribution in [0.5, 0.6) is 0 Å². The van der Waals surface area contributed by atoms with Crippen LogP contribution in [0.3, 0.4) is 0 Å². The van der Waals surface area contributed by atoms with Gasteiger partial charge in [0.05, 0.1) is 38.6 Å². The highest BCUT2D eigenvalue weighted by Crippen LogP contribution is 2.33. The van der Waals surface area contributed by atoms with Crippen molar-refractivity contribution in [3.05, 3.63) is 72.9 Å². The van der Waals surface area contributed by atoms with Crippen LogP contribution in [0.15, 0.2) is 72.9 Å². The second-order valence-electron chi connectivity index (χ2n) is 25.0. The molecule has 0 spiro atoms. The molecule has 3 heterocycles. The molecule has 3 aliphatic heterocycles. The fourth-order valence-electron chi connectivity index (χ4n) is 11.6. The largest absolute Gasteiger partial charge is 0.394 e. The standard InChI is InChI=1S/C71H125NO18/c1-3-5-7-9-11-13-15-17-19-21-23-25-26-27-29-30-32-34-36-38-40-42-44-46-48-55(76)54(72-59(77)49-47-45-43-41-39-37-35-33-31-28-24-22-20-18-16-14-12-10-8-6-4-2)53-85-69-65(83)62(80)67(57(51-74)87-69)90-71-66(84)63(81)68(58(52-75)88-71)89-70-64(82)61(79)60(78)56(50-73)86-70/h6,8,12,14,18,20,24,28,33,35,46,48,54-58,60-71,73-76,78-84H,3-5,7,9-11,13,15-17,19,21-23,25-27,29-32,34,36-45,47,49-53H2,1-2H3,(H,72,77)/b8-6-,14-12-,20-18-,28-24-,35-33-,48-46+. The van der Waals surface area contributed by atoms with Crippen molar-refractivity contribution in [1.29, 1.82) is 0 Å². The van der Waals surface area contributed by atoms with E-state index in [0.29, 0.717) is 6.42 Å². The molecule has 0 saturated carbocycles. The molecule has 0 aromatic rings. The molecule has 3 rings (SSSR count). The fourth-order valence-corrected chi connectivity index (χ4v) is 11.6. The summed E-state index contributed by atoms with van der Waals surface area (Å²) in [6, 6.07) is -0.989. The average Bonchev–Trinajstić information content (AvgIpc) is 0.853. The molecule has 522 valence electrons. The molecule has 0 aliphatic carbocycles. The van der Waals surface area contributed by atoms with Crippen LogP contribution in [0, 0.1) is 0 Å². The number of carbonyl (C=O) groups excluding carboxylic acids is 1. The summed E-state index contributed by atoms with van der Waals surface area (Å²) >= 11 is 0. The fraction of sp³-hybridized carbons (Fsp3) is 0.817. The van der Waals surface area contributed by atoms with E-state index in [4.69, 9.17) is 28.4 Å². The highest BCUT2D eigenvalue weighted by Gasteiger charge is 2.53. The van der Waals surface area contributed by atoms with Crippen molar-refractivity contribution in [2.24, 2.45) is 0 Å². The topological polar surface area (TPSA) is 307 Å². The summed E-state index contributed by atoms with van der Waals surface area (Å²) < 4.78 is 34.3. The molecule has 12 N–H and O–H groups in total. The lowest BCUT2D eigenvalue weighted by molar-refractivity contribution is -0.379. The van der Waals surface area contributed by atoms with Crippen LogP contribution in [-0.2, 0) is 33.2 Å². The third-order valence-corrected chi connectivity index (χ3v) is 17.3. The third-order valence-electron chi connectivity index (χ3n) is 17.3. The Labute approximate surface area is 540 Å². The van der Waals surface area contributed by atoms with Crippen molar-refractivity contribution in [1.82, 2.24) is 5.32 Å². The molecule has 0 bridgehead atoms. The monoisotopic (exact) mass is 1280 g/mol. The number of ether oxygens (including phenoxy) is 6. The summed E-state index contributed by atoms with van der Waals surface area (Å²) in [6.45, 7) is 1.61. The third kappa shape index (κ3) is 34.1. The molecule has 19 nitrogen and oxygen atoms in total. The molecule has 0 radical (unpaired) electrons. The summed E-state index contributed by atoms with van der Waals surface area (Å²) in [7, 11) is 0. The van der Waals surface area contributed by atoms with Crippen LogP contribution in [0.2, 0.25) is 0 Å². The number of rotatable bonds is 53. The summed E-state index contributed by atoms with van der Waals surface area (Å²) in [5, 5.41) is 121. The van der Waals surface area contributed by atoms with Gasteiger partial charge < -0.3 is 89.9 Å². The Hall–Kier alpha value is -2.77. The Morgan fingerprint density at radius 1 is 0.411 bits per heavy atom. The van der Waals surface area contributed by atoms with Gasteiger partial charge in [-0.3, -0.25) is 4.79 Å². The highest BCUT2D eigenvalue weighted by atomic mass is 16.8. The van der Waals surface area contributed by atoms with Gasteiger partial charge in [0.2, 0.25) is 5.91 Å². The van der Waals surface area contributed by atoms with E-state index in [-0.39, 0.29) is 18.9 Å². The number of carbonyl (C=O) groups is 1. The molecular formula is C71H125NO18. The van der Waals surface area contributed by atoms with Crippen LogP contribution < -0.4 is 5.32 Å². The average molecular weight is 1280 g/mol. The van der Waals surface area contributed by atoms with E-state index < -0.39 is 124 Å². The van der Waals surface area contributed by atoms with Gasteiger partial charge in [-0.05, 0) is 64.2 Å². The normalized spacial score (nSPS) is 28.5. The van der Waals surface area contributed by atoms with Gasteiger partial charge in [0.15, 0.2) is 18.9 Å². The molecule has 17 unspecified atom stereocenters.